The van der Waals surface area contributed by atoms with E-state index in [0.29, 0.717) is 13.2 Å². The molecule has 68 heavy (non-hydrogen) atoms. The van der Waals surface area contributed by atoms with Crippen LogP contribution in [0.2, 0.25) is 0 Å². The number of hydrogen-bond acceptors (Lipinski definition) is 8. The molecule has 2 rings (SSSR count). The first kappa shape index (κ1) is 63.7. The molecule has 2 aliphatic heterocycles. The summed E-state index contributed by atoms with van der Waals surface area (Å²) >= 11 is 0. The van der Waals surface area contributed by atoms with Crippen molar-refractivity contribution in [1.29, 1.82) is 0 Å². The molecule has 0 amide bonds. The minimum Gasteiger partial charge on any atom is -0.465 e. The van der Waals surface area contributed by atoms with Crippen molar-refractivity contribution in [3.63, 3.8) is 0 Å². The fourth-order valence-corrected chi connectivity index (χ4v) is 13.0. The Morgan fingerprint density at radius 1 is 0.397 bits per heavy atom. The Morgan fingerprint density at radius 3 is 1.01 bits per heavy atom. The van der Waals surface area contributed by atoms with E-state index >= 15 is 0 Å². The van der Waals surface area contributed by atoms with Crippen molar-refractivity contribution >= 4 is 33.5 Å². The lowest BCUT2D eigenvalue weighted by molar-refractivity contribution is -0.150. The summed E-state index contributed by atoms with van der Waals surface area (Å²) in [4.78, 5) is 31.3. The third kappa shape index (κ3) is 36.5. The Hall–Kier alpha value is -0.440. The van der Waals surface area contributed by atoms with Crippen LogP contribution in [0.15, 0.2) is 0 Å². The van der Waals surface area contributed by atoms with Gasteiger partial charge in [0, 0.05) is 24.6 Å². The van der Waals surface area contributed by atoms with Crippen molar-refractivity contribution in [2.45, 2.75) is 285 Å². The molecule has 0 aromatic carbocycles. The summed E-state index contributed by atoms with van der Waals surface area (Å²) in [7, 11) is 4.21. The second-order valence-electron chi connectivity index (χ2n) is 21.9. The lowest BCUT2D eigenvalue weighted by Crippen LogP contribution is -2.35. The predicted molar refractivity (Wildman–Crippen MR) is 301 cm³/mol. The fourth-order valence-electron chi connectivity index (χ4n) is 10.9. The van der Waals surface area contributed by atoms with Gasteiger partial charge in [-0.1, -0.05) is 242 Å². The number of ether oxygens (including phenoxy) is 2. The standard InChI is InChI=1S/C60H116N2O4S2/c1-5-9-13-17-23-31-39-57(37-29-15-11-7-3)59(63)65-51-33-25-19-21-27-35-55-41-45-61(46-42-55)49-53-67-68-54-50-62-47-43-56(44-48-62)36-28-22-20-26-34-52-66-60(64)58(38-30-16-12-8-4)40-32-24-18-14-10-6-2/h55-58H,5-54H2,1-4H3. The molecule has 0 saturated carbocycles. The zero-order valence-corrected chi connectivity index (χ0v) is 47.6. The summed E-state index contributed by atoms with van der Waals surface area (Å²) in [5, 5.41) is 0. The molecule has 2 aliphatic rings. The van der Waals surface area contributed by atoms with Crippen molar-refractivity contribution < 1.29 is 19.1 Å². The number of hydrogen-bond donors (Lipinski definition) is 0. The van der Waals surface area contributed by atoms with Crippen LogP contribution in [0.25, 0.3) is 0 Å². The molecule has 0 aromatic rings. The van der Waals surface area contributed by atoms with Crippen molar-refractivity contribution in [2.24, 2.45) is 23.7 Å². The highest BCUT2D eigenvalue weighted by Gasteiger charge is 2.22. The Kier molecular flexibility index (Phi) is 44.5. The molecule has 402 valence electrons. The van der Waals surface area contributed by atoms with Crippen molar-refractivity contribution in [1.82, 2.24) is 9.80 Å². The van der Waals surface area contributed by atoms with Gasteiger partial charge in [-0.3, -0.25) is 9.59 Å². The maximum atomic E-state index is 12.9. The average molecular weight is 994 g/mol. The van der Waals surface area contributed by atoms with Gasteiger partial charge in [-0.25, -0.2) is 0 Å². The lowest BCUT2D eigenvalue weighted by atomic mass is 9.91. The molecule has 6 nitrogen and oxygen atoms in total. The summed E-state index contributed by atoms with van der Waals surface area (Å²) in [5.41, 5.74) is 0. The maximum absolute atomic E-state index is 12.9. The van der Waals surface area contributed by atoms with Crippen LogP contribution in [0.1, 0.15) is 285 Å². The normalized spacial score (nSPS) is 16.4. The Bertz CT molecular complexity index is 1010. The number of likely N-dealkylation sites (tertiary alicyclic amines) is 2. The van der Waals surface area contributed by atoms with Crippen LogP contribution < -0.4 is 0 Å². The molecule has 0 radical (unpaired) electrons. The molecular formula is C60H116N2O4S2. The molecule has 2 heterocycles. The quantitative estimate of drug-likeness (QED) is 0.0339. The molecule has 2 saturated heterocycles. The van der Waals surface area contributed by atoms with Crippen molar-refractivity contribution in [3.8, 4) is 0 Å². The van der Waals surface area contributed by atoms with Gasteiger partial charge in [-0.2, -0.15) is 0 Å². The van der Waals surface area contributed by atoms with Gasteiger partial charge in [-0.15, -0.1) is 0 Å². The fraction of sp³-hybridized carbons (Fsp3) is 0.967. The van der Waals surface area contributed by atoms with E-state index in [1.54, 1.807) is 0 Å². The minimum atomic E-state index is 0.0952. The second-order valence-corrected chi connectivity index (χ2v) is 24.6. The van der Waals surface area contributed by atoms with E-state index in [-0.39, 0.29) is 23.8 Å². The molecule has 0 spiro atoms. The third-order valence-electron chi connectivity index (χ3n) is 15.8. The number of carbonyl (C=O) groups excluding carboxylic acids is 2. The zero-order chi connectivity index (χ0) is 48.8. The first-order valence-electron chi connectivity index (χ1n) is 30.5. The summed E-state index contributed by atoms with van der Waals surface area (Å²) < 4.78 is 11.7. The van der Waals surface area contributed by atoms with E-state index in [4.69, 9.17) is 9.47 Å². The van der Waals surface area contributed by atoms with Crippen LogP contribution in [0.5, 0.6) is 0 Å². The van der Waals surface area contributed by atoms with E-state index in [0.717, 1.165) is 50.4 Å². The first-order valence-corrected chi connectivity index (χ1v) is 33.0. The first-order chi connectivity index (χ1) is 33.5. The number of carbonyl (C=O) groups is 2. The molecule has 2 fully saturated rings. The van der Waals surface area contributed by atoms with Gasteiger partial charge in [0.2, 0.25) is 0 Å². The highest BCUT2D eigenvalue weighted by molar-refractivity contribution is 8.76. The molecule has 0 N–H and O–H groups in total. The average Bonchev–Trinajstić information content (AvgIpc) is 3.35. The number of esters is 2. The summed E-state index contributed by atoms with van der Waals surface area (Å²) in [5.74, 6) is 4.82. The predicted octanol–water partition coefficient (Wildman–Crippen LogP) is 18.2. The molecule has 0 aromatic heterocycles. The number of unbranched alkanes of at least 4 members (excludes halogenated alkanes) is 24. The Labute approximate surface area is 432 Å². The monoisotopic (exact) mass is 993 g/mol. The molecular weight excluding hydrogens is 877 g/mol. The van der Waals surface area contributed by atoms with Crippen molar-refractivity contribution in [2.75, 3.05) is 64.0 Å². The molecule has 0 aliphatic carbocycles. The lowest BCUT2D eigenvalue weighted by Gasteiger charge is -2.32. The number of rotatable bonds is 49. The van der Waals surface area contributed by atoms with Gasteiger partial charge >= 0.3 is 11.9 Å². The van der Waals surface area contributed by atoms with E-state index in [1.165, 1.54) is 269 Å². The number of nitrogens with zero attached hydrogens (tertiary/aromatic N) is 2. The van der Waals surface area contributed by atoms with Crippen molar-refractivity contribution in [3.05, 3.63) is 0 Å². The third-order valence-corrected chi connectivity index (χ3v) is 18.1. The van der Waals surface area contributed by atoms with E-state index in [1.807, 2.05) is 0 Å². The molecule has 0 bridgehead atoms. The maximum Gasteiger partial charge on any atom is 0.308 e. The second kappa shape index (κ2) is 47.6. The Morgan fingerprint density at radius 2 is 0.676 bits per heavy atom. The van der Waals surface area contributed by atoms with Gasteiger partial charge in [0.25, 0.3) is 0 Å². The Balaban J connectivity index is 1.38. The summed E-state index contributed by atoms with van der Waals surface area (Å²) in [6.45, 7) is 18.0. The van der Waals surface area contributed by atoms with Crippen LogP contribution in [0, 0.1) is 23.7 Å². The topological polar surface area (TPSA) is 59.1 Å². The van der Waals surface area contributed by atoms with Crippen LogP contribution in [0.4, 0.5) is 0 Å². The highest BCUT2D eigenvalue weighted by Crippen LogP contribution is 2.28. The van der Waals surface area contributed by atoms with E-state index in [9.17, 15) is 9.59 Å². The molecule has 8 heteroatoms. The van der Waals surface area contributed by atoms with Gasteiger partial charge in [-0.05, 0) is 102 Å². The van der Waals surface area contributed by atoms with E-state index < -0.39 is 0 Å². The SMILES string of the molecule is CCCCCCCCC(CCCCCC)C(=O)OCCCCCCCC1CCN(CCSSCCN2CCC(CCCCCCCOC(=O)C(CCCCCC)CCCCCCCC)CC2)CC1. The minimum absolute atomic E-state index is 0.0952. The smallest absolute Gasteiger partial charge is 0.308 e. The summed E-state index contributed by atoms with van der Waals surface area (Å²) in [6, 6.07) is 0. The highest BCUT2D eigenvalue weighted by atomic mass is 33.1. The number of piperidine rings is 2. The van der Waals surface area contributed by atoms with Gasteiger partial charge in [0.1, 0.15) is 0 Å². The van der Waals surface area contributed by atoms with Crippen LogP contribution in [-0.2, 0) is 19.1 Å². The van der Waals surface area contributed by atoms with E-state index in [2.05, 4.69) is 59.1 Å². The van der Waals surface area contributed by atoms with Crippen LogP contribution in [0.3, 0.4) is 0 Å². The molecule has 2 unspecified atom stereocenters. The van der Waals surface area contributed by atoms with Crippen LogP contribution in [-0.4, -0.2) is 85.7 Å². The zero-order valence-electron chi connectivity index (χ0n) is 46.0. The van der Waals surface area contributed by atoms with Gasteiger partial charge in [0.15, 0.2) is 0 Å². The van der Waals surface area contributed by atoms with Gasteiger partial charge < -0.3 is 19.3 Å². The van der Waals surface area contributed by atoms with Gasteiger partial charge in [0.05, 0.1) is 25.0 Å². The van der Waals surface area contributed by atoms with Crippen LogP contribution >= 0.6 is 21.6 Å². The molecule has 2 atom stereocenters. The largest absolute Gasteiger partial charge is 0.465 e. The summed E-state index contributed by atoms with van der Waals surface area (Å²) in [6.07, 6.45) is 50.3.